The second-order valence-corrected chi connectivity index (χ2v) is 4.87. The minimum absolute atomic E-state index is 0.257. The summed E-state index contributed by atoms with van der Waals surface area (Å²) in [6, 6.07) is 8.57. The van der Waals surface area contributed by atoms with Crippen molar-refractivity contribution in [3.63, 3.8) is 0 Å². The van der Waals surface area contributed by atoms with E-state index in [1.165, 1.54) is 5.56 Å². The van der Waals surface area contributed by atoms with Gasteiger partial charge in [0.25, 0.3) is 0 Å². The highest BCUT2D eigenvalue weighted by molar-refractivity contribution is 6.30. The smallest absolute Gasteiger partial charge is 0.0534 e. The van der Waals surface area contributed by atoms with E-state index in [1.54, 1.807) is 0 Å². The third-order valence-corrected chi connectivity index (χ3v) is 3.36. The van der Waals surface area contributed by atoms with Crippen LogP contribution < -0.4 is 5.32 Å². The zero-order chi connectivity index (χ0) is 13.0. The largest absolute Gasteiger partial charge is 0.303 e. The molecule has 96 valence electrons. The molecule has 2 rings (SSSR count). The van der Waals surface area contributed by atoms with Crippen molar-refractivity contribution in [1.82, 2.24) is 15.5 Å². The maximum absolute atomic E-state index is 6.04. The Labute approximate surface area is 113 Å². The summed E-state index contributed by atoms with van der Waals surface area (Å²) in [5.41, 5.74) is 2.39. The number of benzene rings is 1. The van der Waals surface area contributed by atoms with Gasteiger partial charge in [-0.25, -0.2) is 0 Å². The molecule has 2 N–H and O–H groups in total. The van der Waals surface area contributed by atoms with Gasteiger partial charge < -0.3 is 5.32 Å². The molecule has 0 aliphatic carbocycles. The molecule has 0 aliphatic rings. The molecule has 18 heavy (non-hydrogen) atoms. The van der Waals surface area contributed by atoms with Crippen LogP contribution in [0.25, 0.3) is 0 Å². The van der Waals surface area contributed by atoms with Crippen LogP contribution in [0.5, 0.6) is 0 Å². The van der Waals surface area contributed by atoms with Crippen molar-refractivity contribution >= 4 is 11.6 Å². The third-order valence-electron chi connectivity index (χ3n) is 3.13. The Bertz CT molecular complexity index is 482. The first-order valence-electron chi connectivity index (χ1n) is 6.21. The predicted octanol–water partition coefficient (Wildman–Crippen LogP) is 3.87. The third kappa shape index (κ3) is 3.12. The van der Waals surface area contributed by atoms with Crippen LogP contribution in [-0.2, 0) is 0 Å². The molecule has 2 unspecified atom stereocenters. The standard InChI is InChI=1S/C14H18ClN3/c1-3-14(11-5-4-6-13(15)7-11)18-10(2)12-8-16-17-9-12/h4-10,14,18H,3H2,1-2H3,(H,16,17). The number of hydrogen-bond donors (Lipinski definition) is 2. The van der Waals surface area contributed by atoms with Crippen molar-refractivity contribution in [3.05, 3.63) is 52.8 Å². The van der Waals surface area contributed by atoms with Crippen LogP contribution in [-0.4, -0.2) is 10.2 Å². The number of nitrogens with one attached hydrogen (secondary N) is 2. The van der Waals surface area contributed by atoms with Gasteiger partial charge in [-0.3, -0.25) is 5.10 Å². The average molecular weight is 264 g/mol. The lowest BCUT2D eigenvalue weighted by Gasteiger charge is -2.22. The summed E-state index contributed by atoms with van der Waals surface area (Å²) in [5, 5.41) is 11.2. The van der Waals surface area contributed by atoms with Crippen LogP contribution in [0, 0.1) is 0 Å². The SMILES string of the molecule is CCC(NC(C)c1cn[nH]c1)c1cccc(Cl)c1. The Morgan fingerprint density at radius 3 is 2.83 bits per heavy atom. The number of aromatic amines is 1. The summed E-state index contributed by atoms with van der Waals surface area (Å²) in [7, 11) is 0. The summed E-state index contributed by atoms with van der Waals surface area (Å²) < 4.78 is 0. The van der Waals surface area contributed by atoms with Gasteiger partial charge in [0.15, 0.2) is 0 Å². The molecule has 2 atom stereocenters. The van der Waals surface area contributed by atoms with Crippen LogP contribution in [0.15, 0.2) is 36.7 Å². The predicted molar refractivity (Wildman–Crippen MR) is 74.6 cm³/mol. The topological polar surface area (TPSA) is 40.7 Å². The Hall–Kier alpha value is -1.32. The molecule has 4 heteroatoms. The van der Waals surface area contributed by atoms with E-state index in [0.717, 1.165) is 17.0 Å². The first-order chi connectivity index (χ1) is 8.70. The van der Waals surface area contributed by atoms with Crippen LogP contribution in [0.1, 0.15) is 43.5 Å². The molecule has 0 saturated heterocycles. The van der Waals surface area contributed by atoms with E-state index in [0.29, 0.717) is 6.04 Å². The van der Waals surface area contributed by atoms with Crippen molar-refractivity contribution < 1.29 is 0 Å². The molecule has 0 bridgehead atoms. The molecule has 3 nitrogen and oxygen atoms in total. The van der Waals surface area contributed by atoms with Crippen LogP contribution in [0.4, 0.5) is 0 Å². The van der Waals surface area contributed by atoms with Gasteiger partial charge >= 0.3 is 0 Å². The van der Waals surface area contributed by atoms with E-state index in [9.17, 15) is 0 Å². The first kappa shape index (κ1) is 13.1. The van der Waals surface area contributed by atoms with E-state index in [2.05, 4.69) is 35.4 Å². The fourth-order valence-electron chi connectivity index (χ4n) is 2.07. The van der Waals surface area contributed by atoms with Crippen molar-refractivity contribution in [2.45, 2.75) is 32.4 Å². The lowest BCUT2D eigenvalue weighted by Crippen LogP contribution is -2.24. The summed E-state index contributed by atoms with van der Waals surface area (Å²) in [5.74, 6) is 0. The summed E-state index contributed by atoms with van der Waals surface area (Å²) in [6.45, 7) is 4.30. The molecule has 0 fully saturated rings. The van der Waals surface area contributed by atoms with E-state index in [4.69, 9.17) is 11.6 Å². The molecular weight excluding hydrogens is 246 g/mol. The highest BCUT2D eigenvalue weighted by atomic mass is 35.5. The summed E-state index contributed by atoms with van der Waals surface area (Å²) in [4.78, 5) is 0. The zero-order valence-electron chi connectivity index (χ0n) is 10.7. The quantitative estimate of drug-likeness (QED) is 0.860. The summed E-state index contributed by atoms with van der Waals surface area (Å²) >= 11 is 6.04. The van der Waals surface area contributed by atoms with Gasteiger partial charge in [0.2, 0.25) is 0 Å². The molecular formula is C14H18ClN3. The van der Waals surface area contributed by atoms with Crippen molar-refractivity contribution in [3.8, 4) is 0 Å². The number of aromatic nitrogens is 2. The molecule has 1 aromatic carbocycles. The molecule has 1 heterocycles. The maximum atomic E-state index is 6.04. The second-order valence-electron chi connectivity index (χ2n) is 4.44. The first-order valence-corrected chi connectivity index (χ1v) is 6.58. The number of halogens is 1. The van der Waals surface area contributed by atoms with Gasteiger partial charge in [-0.15, -0.1) is 0 Å². The molecule has 0 aliphatic heterocycles. The number of rotatable bonds is 5. The van der Waals surface area contributed by atoms with Gasteiger partial charge in [0, 0.05) is 28.9 Å². The fourth-order valence-corrected chi connectivity index (χ4v) is 2.27. The molecule has 2 aromatic rings. The zero-order valence-corrected chi connectivity index (χ0v) is 11.4. The second kappa shape index (κ2) is 6.03. The van der Waals surface area contributed by atoms with E-state index in [1.807, 2.05) is 30.6 Å². The minimum atomic E-state index is 0.257. The maximum Gasteiger partial charge on any atom is 0.0534 e. The Morgan fingerprint density at radius 2 is 2.22 bits per heavy atom. The Morgan fingerprint density at radius 1 is 1.39 bits per heavy atom. The molecule has 0 radical (unpaired) electrons. The van der Waals surface area contributed by atoms with Crippen molar-refractivity contribution in [1.29, 1.82) is 0 Å². The van der Waals surface area contributed by atoms with E-state index >= 15 is 0 Å². The van der Waals surface area contributed by atoms with Crippen molar-refractivity contribution in [2.24, 2.45) is 0 Å². The Kier molecular flexibility index (Phi) is 4.39. The highest BCUT2D eigenvalue weighted by Gasteiger charge is 2.14. The van der Waals surface area contributed by atoms with Gasteiger partial charge in [-0.05, 0) is 31.0 Å². The van der Waals surface area contributed by atoms with Gasteiger partial charge in [-0.1, -0.05) is 30.7 Å². The van der Waals surface area contributed by atoms with Crippen LogP contribution in [0.2, 0.25) is 5.02 Å². The fraction of sp³-hybridized carbons (Fsp3) is 0.357. The number of H-pyrrole nitrogens is 1. The molecule has 0 amide bonds. The normalized spacial score (nSPS) is 14.4. The van der Waals surface area contributed by atoms with Gasteiger partial charge in [0.05, 0.1) is 6.20 Å². The molecule has 0 spiro atoms. The molecule has 0 saturated carbocycles. The average Bonchev–Trinajstić information content (AvgIpc) is 2.89. The monoisotopic (exact) mass is 263 g/mol. The van der Waals surface area contributed by atoms with Crippen LogP contribution >= 0.6 is 11.6 Å². The molecule has 1 aromatic heterocycles. The lowest BCUT2D eigenvalue weighted by molar-refractivity contribution is 0.456. The summed E-state index contributed by atoms with van der Waals surface area (Å²) in [6.07, 6.45) is 4.78. The van der Waals surface area contributed by atoms with Gasteiger partial charge in [-0.2, -0.15) is 5.10 Å². The highest BCUT2D eigenvalue weighted by Crippen LogP contribution is 2.23. The van der Waals surface area contributed by atoms with Gasteiger partial charge in [0.1, 0.15) is 0 Å². The minimum Gasteiger partial charge on any atom is -0.303 e. The van der Waals surface area contributed by atoms with Crippen LogP contribution in [0.3, 0.4) is 0 Å². The van der Waals surface area contributed by atoms with Crippen molar-refractivity contribution in [2.75, 3.05) is 0 Å². The van der Waals surface area contributed by atoms with E-state index in [-0.39, 0.29) is 6.04 Å². The van der Waals surface area contributed by atoms with E-state index < -0.39 is 0 Å². The Balaban J connectivity index is 2.10. The number of nitrogens with zero attached hydrogens (tertiary/aromatic N) is 1. The lowest BCUT2D eigenvalue weighted by atomic mass is 10.0. The number of hydrogen-bond acceptors (Lipinski definition) is 2.